The van der Waals surface area contributed by atoms with E-state index < -0.39 is 12.7 Å². The van der Waals surface area contributed by atoms with E-state index in [9.17, 15) is 13.6 Å². The second-order valence-corrected chi connectivity index (χ2v) is 5.55. The molecule has 2 rings (SSSR count). The lowest BCUT2D eigenvalue weighted by molar-refractivity contribution is -0.121. The number of benzene rings is 2. The number of hydrogen-bond acceptors (Lipinski definition) is 4. The first-order valence-electron chi connectivity index (χ1n) is 8.28. The van der Waals surface area contributed by atoms with Gasteiger partial charge in [-0.3, -0.25) is 4.79 Å². The Bertz CT molecular complexity index is 711. The van der Waals surface area contributed by atoms with Gasteiger partial charge in [0, 0.05) is 24.6 Å². The first-order valence-corrected chi connectivity index (χ1v) is 8.28. The molecule has 1 amide bonds. The number of para-hydroxylation sites is 1. The molecule has 0 saturated carbocycles. The number of ether oxygens (including phenoxy) is 2. The molecule has 2 aromatic rings. The molecule has 5 nitrogen and oxygen atoms in total. The number of nitrogens with one attached hydrogen (secondary N) is 1. The van der Waals surface area contributed by atoms with Crippen molar-refractivity contribution in [2.75, 3.05) is 6.61 Å². The molecule has 2 aromatic carbocycles. The van der Waals surface area contributed by atoms with Gasteiger partial charge >= 0.3 is 6.61 Å². The minimum absolute atomic E-state index is 0.0311. The normalized spacial score (nSPS) is 11.9. The first kappa shape index (κ1) is 19.7. The number of carbonyl (C=O) groups excluding carboxylic acids is 1. The molecule has 0 saturated heterocycles. The van der Waals surface area contributed by atoms with E-state index in [1.54, 1.807) is 19.1 Å². The summed E-state index contributed by atoms with van der Waals surface area (Å²) in [5, 5.41) is 2.68. The average Bonchev–Trinajstić information content (AvgIpc) is 2.62. The minimum atomic E-state index is -2.99. The summed E-state index contributed by atoms with van der Waals surface area (Å²) in [6, 6.07) is 13.6. The number of carbonyl (C=O) groups is 1. The number of hydrogen-bond donors (Lipinski definition) is 2. The Balaban J connectivity index is 2.01. The summed E-state index contributed by atoms with van der Waals surface area (Å²) in [6.45, 7) is -0.909. The highest BCUT2D eigenvalue weighted by atomic mass is 19.3. The van der Waals surface area contributed by atoms with Crippen LogP contribution in [0.4, 0.5) is 8.78 Å². The molecule has 0 aliphatic carbocycles. The van der Waals surface area contributed by atoms with E-state index in [0.29, 0.717) is 12.2 Å². The first-order chi connectivity index (χ1) is 12.5. The smallest absolute Gasteiger partial charge is 0.387 e. The van der Waals surface area contributed by atoms with Crippen LogP contribution in [0.1, 0.15) is 30.5 Å². The number of rotatable bonds is 9. The zero-order chi connectivity index (χ0) is 18.9. The van der Waals surface area contributed by atoms with Crippen LogP contribution in [0, 0.1) is 0 Å². The van der Waals surface area contributed by atoms with Crippen LogP contribution < -0.4 is 20.5 Å². The summed E-state index contributed by atoms with van der Waals surface area (Å²) in [5.74, 6) is -0.149. The highest BCUT2D eigenvalue weighted by Gasteiger charge is 2.17. The molecule has 0 aliphatic heterocycles. The molecule has 0 fully saturated rings. The van der Waals surface area contributed by atoms with Gasteiger partial charge in [0.15, 0.2) is 11.5 Å². The van der Waals surface area contributed by atoms with E-state index >= 15 is 0 Å². The predicted molar refractivity (Wildman–Crippen MR) is 94.1 cm³/mol. The van der Waals surface area contributed by atoms with Crippen LogP contribution in [0.2, 0.25) is 0 Å². The maximum absolute atomic E-state index is 12.7. The van der Waals surface area contributed by atoms with Gasteiger partial charge in [0.25, 0.3) is 0 Å². The summed E-state index contributed by atoms with van der Waals surface area (Å²) in [6.07, 6.45) is 0.0835. The molecular formula is C19H22F2N2O3. The Labute approximate surface area is 151 Å². The van der Waals surface area contributed by atoms with Crippen LogP contribution in [-0.4, -0.2) is 19.1 Å². The van der Waals surface area contributed by atoms with Gasteiger partial charge in [-0.05, 0) is 18.6 Å². The van der Waals surface area contributed by atoms with Crippen molar-refractivity contribution in [1.29, 1.82) is 0 Å². The van der Waals surface area contributed by atoms with Crippen LogP contribution >= 0.6 is 0 Å². The van der Waals surface area contributed by atoms with Gasteiger partial charge in [0.05, 0.1) is 6.61 Å². The van der Waals surface area contributed by atoms with E-state index in [1.807, 2.05) is 30.3 Å². The zero-order valence-corrected chi connectivity index (χ0v) is 14.5. The van der Waals surface area contributed by atoms with E-state index in [0.717, 1.165) is 5.56 Å². The van der Waals surface area contributed by atoms with Crippen molar-refractivity contribution < 1.29 is 23.0 Å². The standard InChI is InChI=1S/C19H22F2N2O3/c1-2-25-16-10-6-9-14(18(16)26-19(20)21)12-23-17(24)11-15(22)13-7-4-3-5-8-13/h3-10,15,19H,2,11-12,22H2,1H3,(H,23,24). The predicted octanol–water partition coefficient (Wildman–Crippen LogP) is 3.39. The van der Waals surface area contributed by atoms with Crippen molar-refractivity contribution in [2.45, 2.75) is 32.5 Å². The molecule has 7 heteroatoms. The second kappa shape index (κ2) is 9.72. The van der Waals surface area contributed by atoms with Gasteiger partial charge in [-0.15, -0.1) is 0 Å². The number of halogens is 2. The molecule has 1 unspecified atom stereocenters. The molecule has 1 atom stereocenters. The van der Waals surface area contributed by atoms with Crippen LogP contribution in [0.25, 0.3) is 0 Å². The van der Waals surface area contributed by atoms with E-state index in [4.69, 9.17) is 10.5 Å². The third-order valence-electron chi connectivity index (χ3n) is 3.68. The molecule has 0 aromatic heterocycles. The van der Waals surface area contributed by atoms with Crippen molar-refractivity contribution in [3.8, 4) is 11.5 Å². The van der Waals surface area contributed by atoms with E-state index in [2.05, 4.69) is 10.1 Å². The molecule has 0 aliphatic rings. The molecule has 0 heterocycles. The zero-order valence-electron chi connectivity index (χ0n) is 14.5. The van der Waals surface area contributed by atoms with Crippen molar-refractivity contribution in [1.82, 2.24) is 5.32 Å². The highest BCUT2D eigenvalue weighted by Crippen LogP contribution is 2.32. The maximum atomic E-state index is 12.7. The second-order valence-electron chi connectivity index (χ2n) is 5.55. The van der Waals surface area contributed by atoms with Gasteiger partial charge in [-0.1, -0.05) is 42.5 Å². The third-order valence-corrected chi connectivity index (χ3v) is 3.68. The fourth-order valence-corrected chi connectivity index (χ4v) is 2.48. The average molecular weight is 364 g/mol. The third kappa shape index (κ3) is 5.70. The number of nitrogens with two attached hydrogens (primary N) is 1. The molecular weight excluding hydrogens is 342 g/mol. The molecule has 0 radical (unpaired) electrons. The molecule has 3 N–H and O–H groups in total. The van der Waals surface area contributed by atoms with Crippen molar-refractivity contribution >= 4 is 5.91 Å². The largest absolute Gasteiger partial charge is 0.490 e. The molecule has 26 heavy (non-hydrogen) atoms. The SMILES string of the molecule is CCOc1cccc(CNC(=O)CC(N)c2ccccc2)c1OC(F)F. The summed E-state index contributed by atoms with van der Waals surface area (Å²) >= 11 is 0. The Kier molecular flexibility index (Phi) is 7.35. The van der Waals surface area contributed by atoms with Gasteiger partial charge in [0.2, 0.25) is 5.91 Å². The summed E-state index contributed by atoms with van der Waals surface area (Å²) < 4.78 is 35.3. The van der Waals surface area contributed by atoms with Gasteiger partial charge in [-0.25, -0.2) is 0 Å². The Morgan fingerprint density at radius 2 is 1.88 bits per heavy atom. The van der Waals surface area contributed by atoms with Crippen molar-refractivity contribution in [3.63, 3.8) is 0 Å². The summed E-state index contributed by atoms with van der Waals surface area (Å²) in [4.78, 5) is 12.1. The van der Waals surface area contributed by atoms with Crippen LogP contribution in [-0.2, 0) is 11.3 Å². The minimum Gasteiger partial charge on any atom is -0.490 e. The van der Waals surface area contributed by atoms with Crippen LogP contribution in [0.3, 0.4) is 0 Å². The maximum Gasteiger partial charge on any atom is 0.387 e. The highest BCUT2D eigenvalue weighted by molar-refractivity contribution is 5.76. The molecule has 140 valence electrons. The monoisotopic (exact) mass is 364 g/mol. The van der Waals surface area contributed by atoms with Gasteiger partial charge in [0.1, 0.15) is 0 Å². The van der Waals surface area contributed by atoms with Crippen LogP contribution in [0.5, 0.6) is 11.5 Å². The fraction of sp³-hybridized carbons (Fsp3) is 0.316. The van der Waals surface area contributed by atoms with E-state index in [-0.39, 0.29) is 30.4 Å². The fourth-order valence-electron chi connectivity index (χ4n) is 2.48. The Hall–Kier alpha value is -2.67. The molecule has 0 bridgehead atoms. The summed E-state index contributed by atoms with van der Waals surface area (Å²) in [5.41, 5.74) is 7.27. The number of amides is 1. The summed E-state index contributed by atoms with van der Waals surface area (Å²) in [7, 11) is 0. The van der Waals surface area contributed by atoms with Crippen LogP contribution in [0.15, 0.2) is 48.5 Å². The Morgan fingerprint density at radius 1 is 1.15 bits per heavy atom. The lowest BCUT2D eigenvalue weighted by atomic mass is 10.0. The van der Waals surface area contributed by atoms with E-state index in [1.165, 1.54) is 6.07 Å². The quantitative estimate of drug-likeness (QED) is 0.715. The lowest BCUT2D eigenvalue weighted by Crippen LogP contribution is -2.27. The van der Waals surface area contributed by atoms with Gasteiger partial charge in [-0.2, -0.15) is 8.78 Å². The topological polar surface area (TPSA) is 73.6 Å². The van der Waals surface area contributed by atoms with Crippen molar-refractivity contribution in [3.05, 3.63) is 59.7 Å². The van der Waals surface area contributed by atoms with Gasteiger partial charge < -0.3 is 20.5 Å². The Morgan fingerprint density at radius 3 is 2.54 bits per heavy atom. The van der Waals surface area contributed by atoms with Crippen molar-refractivity contribution in [2.24, 2.45) is 5.73 Å². The molecule has 0 spiro atoms. The number of alkyl halides is 2. The lowest BCUT2D eigenvalue weighted by Gasteiger charge is -2.16.